The van der Waals surface area contributed by atoms with Gasteiger partial charge in [-0.25, -0.2) is 13.4 Å². The Bertz CT molecular complexity index is 1130. The molecule has 0 aliphatic rings. The molecular weight excluding hydrogens is 376 g/mol. The minimum absolute atomic E-state index is 0.160. The number of amides is 1. The van der Waals surface area contributed by atoms with Crippen molar-refractivity contribution in [3.05, 3.63) is 59.9 Å². The van der Waals surface area contributed by atoms with Crippen LogP contribution in [0.5, 0.6) is 0 Å². The number of rotatable bonds is 6. The Hall–Kier alpha value is -2.84. The number of benzene rings is 2. The fourth-order valence-corrected chi connectivity index (χ4v) is 4.63. The predicted octanol–water partition coefficient (Wildman–Crippen LogP) is 3.22. The Balaban J connectivity index is 1.91. The minimum atomic E-state index is -3.63. The first-order chi connectivity index (χ1) is 13.4. The van der Waals surface area contributed by atoms with Gasteiger partial charge in [-0.3, -0.25) is 9.78 Å². The highest BCUT2D eigenvalue weighted by molar-refractivity contribution is 7.89. The van der Waals surface area contributed by atoms with E-state index in [1.165, 1.54) is 16.6 Å². The van der Waals surface area contributed by atoms with E-state index in [4.69, 9.17) is 0 Å². The highest BCUT2D eigenvalue weighted by atomic mass is 32.2. The van der Waals surface area contributed by atoms with Crippen LogP contribution in [0.1, 0.15) is 29.9 Å². The van der Waals surface area contributed by atoms with Crippen molar-refractivity contribution in [3.8, 4) is 0 Å². The topological polar surface area (TPSA) is 92.3 Å². The molecule has 0 fully saturated rings. The molecule has 146 valence electrons. The molecule has 0 bridgehead atoms. The molecular formula is C20H22N4O3S. The second-order valence-electron chi connectivity index (χ2n) is 6.27. The van der Waals surface area contributed by atoms with Gasteiger partial charge in [0.1, 0.15) is 5.69 Å². The zero-order valence-electron chi connectivity index (χ0n) is 16.0. The van der Waals surface area contributed by atoms with Crippen molar-refractivity contribution in [1.82, 2.24) is 14.3 Å². The van der Waals surface area contributed by atoms with Gasteiger partial charge in [0.15, 0.2) is 0 Å². The van der Waals surface area contributed by atoms with Gasteiger partial charge >= 0.3 is 0 Å². The molecule has 1 N–H and O–H groups in total. The maximum absolute atomic E-state index is 12.9. The van der Waals surface area contributed by atoms with Crippen molar-refractivity contribution in [2.24, 2.45) is 0 Å². The van der Waals surface area contributed by atoms with Gasteiger partial charge in [0.05, 0.1) is 22.1 Å². The third-order valence-electron chi connectivity index (χ3n) is 4.45. The lowest BCUT2D eigenvalue weighted by atomic mass is 10.2. The van der Waals surface area contributed by atoms with Crippen molar-refractivity contribution in [3.63, 3.8) is 0 Å². The first-order valence-electron chi connectivity index (χ1n) is 9.00. The largest absolute Gasteiger partial charge is 0.321 e. The van der Waals surface area contributed by atoms with Crippen molar-refractivity contribution >= 4 is 32.7 Å². The Morgan fingerprint density at radius 3 is 2.43 bits per heavy atom. The Labute approximate surface area is 164 Å². The number of carbonyl (C=O) groups excluding carboxylic acids is 1. The van der Waals surface area contributed by atoms with Crippen LogP contribution in [0, 0.1) is 6.92 Å². The Morgan fingerprint density at radius 2 is 1.75 bits per heavy atom. The second-order valence-corrected chi connectivity index (χ2v) is 8.17. The molecule has 0 aliphatic carbocycles. The summed E-state index contributed by atoms with van der Waals surface area (Å²) in [5, 5.41) is 2.71. The number of carbonyl (C=O) groups is 1. The molecule has 7 nitrogen and oxygen atoms in total. The number of hydrogen-bond donors (Lipinski definition) is 1. The highest BCUT2D eigenvalue weighted by Gasteiger charge is 2.24. The molecule has 3 aromatic rings. The molecule has 1 heterocycles. The van der Waals surface area contributed by atoms with E-state index in [0.717, 1.165) is 0 Å². The molecule has 0 unspecified atom stereocenters. The average molecular weight is 398 g/mol. The van der Waals surface area contributed by atoms with Gasteiger partial charge < -0.3 is 5.32 Å². The fourth-order valence-electron chi connectivity index (χ4n) is 2.92. The van der Waals surface area contributed by atoms with Crippen LogP contribution in [0.3, 0.4) is 0 Å². The number of hydrogen-bond acceptors (Lipinski definition) is 5. The zero-order valence-corrected chi connectivity index (χ0v) is 16.8. The van der Waals surface area contributed by atoms with E-state index in [1.54, 1.807) is 39.0 Å². The Kier molecular flexibility index (Phi) is 5.71. The van der Waals surface area contributed by atoms with E-state index in [0.29, 0.717) is 35.4 Å². The van der Waals surface area contributed by atoms with Gasteiger partial charge in [0.25, 0.3) is 5.91 Å². The molecule has 0 atom stereocenters. The van der Waals surface area contributed by atoms with E-state index in [-0.39, 0.29) is 10.6 Å². The van der Waals surface area contributed by atoms with Gasteiger partial charge in [-0.05, 0) is 36.8 Å². The Morgan fingerprint density at radius 1 is 1.07 bits per heavy atom. The lowest BCUT2D eigenvalue weighted by Gasteiger charge is -2.20. The summed E-state index contributed by atoms with van der Waals surface area (Å²) in [6, 6.07) is 12.1. The maximum Gasteiger partial charge on any atom is 0.275 e. The first-order valence-corrected chi connectivity index (χ1v) is 10.4. The summed E-state index contributed by atoms with van der Waals surface area (Å²) in [4.78, 5) is 21.3. The highest BCUT2D eigenvalue weighted by Crippen LogP contribution is 2.24. The van der Waals surface area contributed by atoms with Crippen LogP contribution in [0.2, 0.25) is 0 Å². The van der Waals surface area contributed by atoms with Gasteiger partial charge in [0.2, 0.25) is 10.0 Å². The number of anilines is 1. The molecule has 0 radical (unpaired) electrons. The van der Waals surface area contributed by atoms with Crippen LogP contribution in [0.25, 0.3) is 11.0 Å². The van der Waals surface area contributed by atoms with E-state index < -0.39 is 15.9 Å². The quantitative estimate of drug-likeness (QED) is 0.688. The number of aryl methyl sites for hydroxylation is 1. The van der Waals surface area contributed by atoms with Crippen LogP contribution in [-0.4, -0.2) is 41.7 Å². The molecule has 1 amide bonds. The van der Waals surface area contributed by atoms with Crippen LogP contribution >= 0.6 is 0 Å². The van der Waals surface area contributed by atoms with Crippen LogP contribution < -0.4 is 5.32 Å². The smallest absolute Gasteiger partial charge is 0.275 e. The second kappa shape index (κ2) is 8.04. The van der Waals surface area contributed by atoms with Gasteiger partial charge in [-0.2, -0.15) is 4.31 Å². The van der Waals surface area contributed by atoms with E-state index in [9.17, 15) is 13.2 Å². The summed E-state index contributed by atoms with van der Waals surface area (Å²) in [6.45, 7) is 6.07. The average Bonchev–Trinajstić information content (AvgIpc) is 2.69. The molecule has 0 aliphatic heterocycles. The van der Waals surface area contributed by atoms with E-state index >= 15 is 0 Å². The number of para-hydroxylation sites is 2. The molecule has 0 saturated carbocycles. The maximum atomic E-state index is 12.9. The number of fused-ring (bicyclic) bond motifs is 1. The van der Waals surface area contributed by atoms with E-state index in [1.807, 2.05) is 18.2 Å². The fraction of sp³-hybridized carbons (Fsp3) is 0.250. The van der Waals surface area contributed by atoms with Gasteiger partial charge in [0, 0.05) is 18.8 Å². The molecule has 1 aromatic heterocycles. The molecule has 8 heteroatoms. The molecule has 3 rings (SSSR count). The van der Waals surface area contributed by atoms with Crippen LogP contribution in [0.15, 0.2) is 53.6 Å². The SMILES string of the molecule is CCN(CC)S(=O)(=O)c1cc(NC(=O)c2cnc3ccccc3n2)ccc1C. The predicted molar refractivity (Wildman–Crippen MR) is 109 cm³/mol. The number of aromatic nitrogens is 2. The van der Waals surface area contributed by atoms with Crippen LogP contribution in [-0.2, 0) is 10.0 Å². The molecule has 2 aromatic carbocycles. The standard InChI is InChI=1S/C20H22N4O3S/c1-4-24(5-2)28(26,27)19-12-15(11-10-14(19)3)22-20(25)18-13-21-16-8-6-7-9-17(16)23-18/h6-13H,4-5H2,1-3H3,(H,22,25). The molecule has 28 heavy (non-hydrogen) atoms. The van der Waals surface area contributed by atoms with Crippen molar-refractivity contribution < 1.29 is 13.2 Å². The molecule has 0 spiro atoms. The third-order valence-corrected chi connectivity index (χ3v) is 6.64. The summed E-state index contributed by atoms with van der Waals surface area (Å²) in [5.74, 6) is -0.451. The monoisotopic (exact) mass is 398 g/mol. The minimum Gasteiger partial charge on any atom is -0.321 e. The van der Waals surface area contributed by atoms with Crippen LogP contribution in [0.4, 0.5) is 5.69 Å². The number of sulfonamides is 1. The summed E-state index contributed by atoms with van der Waals surface area (Å²) in [6.07, 6.45) is 1.40. The first kappa shape index (κ1) is 19.9. The number of nitrogens with one attached hydrogen (secondary N) is 1. The summed E-state index contributed by atoms with van der Waals surface area (Å²) in [7, 11) is -3.63. The normalized spacial score (nSPS) is 11.7. The van der Waals surface area contributed by atoms with Gasteiger partial charge in [-0.1, -0.05) is 32.0 Å². The zero-order chi connectivity index (χ0) is 20.3. The van der Waals surface area contributed by atoms with Crippen molar-refractivity contribution in [1.29, 1.82) is 0 Å². The van der Waals surface area contributed by atoms with Gasteiger partial charge in [-0.15, -0.1) is 0 Å². The third kappa shape index (κ3) is 3.88. The summed E-state index contributed by atoms with van der Waals surface area (Å²) >= 11 is 0. The molecule has 0 saturated heterocycles. The summed E-state index contributed by atoms with van der Waals surface area (Å²) in [5.41, 5.74) is 2.48. The summed E-state index contributed by atoms with van der Waals surface area (Å²) < 4.78 is 27.1. The lowest BCUT2D eigenvalue weighted by Crippen LogP contribution is -2.31. The lowest BCUT2D eigenvalue weighted by molar-refractivity contribution is 0.102. The van der Waals surface area contributed by atoms with Crippen molar-refractivity contribution in [2.75, 3.05) is 18.4 Å². The van der Waals surface area contributed by atoms with Crippen molar-refractivity contribution in [2.45, 2.75) is 25.7 Å². The van der Waals surface area contributed by atoms with E-state index in [2.05, 4.69) is 15.3 Å². The number of nitrogens with zero attached hydrogens (tertiary/aromatic N) is 3.